The van der Waals surface area contributed by atoms with Crippen LogP contribution in [0.25, 0.3) is 11.0 Å². The van der Waals surface area contributed by atoms with E-state index in [-0.39, 0.29) is 11.9 Å². The Labute approximate surface area is 122 Å². The van der Waals surface area contributed by atoms with Gasteiger partial charge < -0.3 is 14.6 Å². The van der Waals surface area contributed by atoms with Gasteiger partial charge in [-0.2, -0.15) is 0 Å². The van der Waals surface area contributed by atoms with Gasteiger partial charge in [0, 0.05) is 42.8 Å². The summed E-state index contributed by atoms with van der Waals surface area (Å²) >= 11 is 0. The van der Waals surface area contributed by atoms with Gasteiger partial charge in [0.1, 0.15) is 11.3 Å². The molecule has 0 radical (unpaired) electrons. The van der Waals surface area contributed by atoms with Gasteiger partial charge in [0.2, 0.25) is 0 Å². The van der Waals surface area contributed by atoms with E-state index in [0.717, 1.165) is 25.0 Å². The highest BCUT2D eigenvalue weighted by Gasteiger charge is 2.38. The Morgan fingerprint density at radius 3 is 3.10 bits per heavy atom. The highest BCUT2D eigenvalue weighted by atomic mass is 16.3. The van der Waals surface area contributed by atoms with Crippen LogP contribution in [0.4, 0.5) is 0 Å². The summed E-state index contributed by atoms with van der Waals surface area (Å²) in [5.41, 5.74) is 0.970. The molecule has 2 aromatic rings. The quantitative estimate of drug-likeness (QED) is 0.842. The first-order chi connectivity index (χ1) is 10.2. The molecule has 0 aromatic carbocycles. The summed E-state index contributed by atoms with van der Waals surface area (Å²) in [6.45, 7) is 3.20. The number of fused-ring (bicyclic) bond motifs is 3. The fraction of sp³-hybridized carbons (Fsp3) is 0.375. The Hall–Kier alpha value is -2.32. The predicted molar refractivity (Wildman–Crippen MR) is 77.7 cm³/mol. The third-order valence-corrected chi connectivity index (χ3v) is 4.43. The van der Waals surface area contributed by atoms with Gasteiger partial charge in [-0.1, -0.05) is 0 Å². The zero-order valence-corrected chi connectivity index (χ0v) is 11.5. The van der Waals surface area contributed by atoms with Crippen LogP contribution in [0.2, 0.25) is 0 Å². The summed E-state index contributed by atoms with van der Waals surface area (Å²) in [4.78, 5) is 18.9. The minimum Gasteiger partial charge on any atom is -0.448 e. The third-order valence-electron chi connectivity index (χ3n) is 4.43. The van der Waals surface area contributed by atoms with Crippen molar-refractivity contribution >= 4 is 16.9 Å². The fourth-order valence-corrected chi connectivity index (χ4v) is 3.32. The smallest absolute Gasteiger partial charge is 0.270 e. The molecule has 0 saturated carbocycles. The minimum absolute atomic E-state index is 0.144. The highest BCUT2D eigenvalue weighted by Crippen LogP contribution is 2.28. The van der Waals surface area contributed by atoms with E-state index in [4.69, 9.17) is 10.8 Å². The van der Waals surface area contributed by atoms with Crippen molar-refractivity contribution in [2.75, 3.05) is 19.6 Å². The van der Waals surface area contributed by atoms with E-state index in [0.29, 0.717) is 23.0 Å². The number of terminal acetylenes is 1. The van der Waals surface area contributed by atoms with E-state index >= 15 is 0 Å². The average molecular weight is 281 g/mol. The number of nitrogens with one attached hydrogen (secondary N) is 1. The van der Waals surface area contributed by atoms with Crippen molar-refractivity contribution in [3.05, 3.63) is 29.8 Å². The lowest BCUT2D eigenvalue weighted by Gasteiger charge is -2.22. The standard InChI is InChI=1S/C16H15N3O2/c1-2-12-5-11-7-17-13(6-15(11)21-12)16(20)18-14-9-19-4-3-10(14)8-19/h1,5-7,10,14H,3-4,8-9H2,(H,18,20). The zero-order chi connectivity index (χ0) is 14.4. The van der Waals surface area contributed by atoms with Gasteiger partial charge in [-0.05, 0) is 24.8 Å². The molecule has 5 nitrogen and oxygen atoms in total. The summed E-state index contributed by atoms with van der Waals surface area (Å²) in [6.07, 6.45) is 8.10. The summed E-state index contributed by atoms with van der Waals surface area (Å²) in [5.74, 6) is 3.32. The number of furan rings is 1. The molecule has 2 fully saturated rings. The van der Waals surface area contributed by atoms with Crippen LogP contribution >= 0.6 is 0 Å². The van der Waals surface area contributed by atoms with Crippen LogP contribution in [0, 0.1) is 18.3 Å². The molecule has 1 N–H and O–H groups in total. The fourth-order valence-electron chi connectivity index (χ4n) is 3.32. The highest BCUT2D eigenvalue weighted by molar-refractivity contribution is 5.95. The monoisotopic (exact) mass is 281 g/mol. The number of pyridine rings is 1. The van der Waals surface area contributed by atoms with E-state index in [1.165, 1.54) is 6.42 Å². The summed E-state index contributed by atoms with van der Waals surface area (Å²) < 4.78 is 5.46. The normalized spacial score (nSPS) is 26.9. The van der Waals surface area contributed by atoms with Crippen molar-refractivity contribution in [2.45, 2.75) is 12.5 Å². The Kier molecular flexibility index (Phi) is 2.72. The lowest BCUT2D eigenvalue weighted by molar-refractivity contribution is 0.0919. The lowest BCUT2D eigenvalue weighted by Crippen LogP contribution is -2.43. The summed E-state index contributed by atoms with van der Waals surface area (Å²) in [6, 6.07) is 3.63. The van der Waals surface area contributed by atoms with E-state index in [1.54, 1.807) is 18.3 Å². The number of hydrogen-bond donors (Lipinski definition) is 1. The van der Waals surface area contributed by atoms with Crippen LogP contribution in [-0.4, -0.2) is 41.5 Å². The van der Waals surface area contributed by atoms with Crippen molar-refractivity contribution in [1.82, 2.24) is 15.2 Å². The Balaban J connectivity index is 1.55. The molecular weight excluding hydrogens is 266 g/mol. The molecule has 21 heavy (non-hydrogen) atoms. The van der Waals surface area contributed by atoms with Crippen LogP contribution in [0.3, 0.4) is 0 Å². The number of carbonyl (C=O) groups excluding carboxylic acids is 1. The van der Waals surface area contributed by atoms with Gasteiger partial charge >= 0.3 is 0 Å². The Morgan fingerprint density at radius 2 is 2.38 bits per heavy atom. The van der Waals surface area contributed by atoms with Crippen molar-refractivity contribution in [2.24, 2.45) is 5.92 Å². The molecule has 4 heterocycles. The van der Waals surface area contributed by atoms with Crippen molar-refractivity contribution < 1.29 is 9.21 Å². The SMILES string of the molecule is C#Cc1cc2cnc(C(=O)NC3CN4CCC3C4)cc2o1. The maximum absolute atomic E-state index is 12.3. The molecule has 4 rings (SSSR count). The predicted octanol–water partition coefficient (Wildman–Crippen LogP) is 1.24. The average Bonchev–Trinajstić information content (AvgIpc) is 3.20. The van der Waals surface area contributed by atoms with Crippen LogP contribution in [0.15, 0.2) is 22.7 Å². The first kappa shape index (κ1) is 12.4. The van der Waals surface area contributed by atoms with Gasteiger partial charge in [-0.3, -0.25) is 9.78 Å². The molecule has 2 bridgehead atoms. The first-order valence-electron chi connectivity index (χ1n) is 7.12. The molecule has 106 valence electrons. The van der Waals surface area contributed by atoms with Gasteiger partial charge in [0.05, 0.1) is 0 Å². The molecule has 3 atom stereocenters. The van der Waals surface area contributed by atoms with E-state index in [2.05, 4.69) is 21.1 Å². The molecule has 0 spiro atoms. The molecule has 3 unspecified atom stereocenters. The van der Waals surface area contributed by atoms with Gasteiger partial charge in [-0.15, -0.1) is 6.42 Å². The minimum atomic E-state index is -0.144. The van der Waals surface area contributed by atoms with Crippen LogP contribution in [0.1, 0.15) is 22.7 Å². The summed E-state index contributed by atoms with van der Waals surface area (Å²) in [7, 11) is 0. The lowest BCUT2D eigenvalue weighted by atomic mass is 10.00. The molecule has 2 aromatic heterocycles. The third kappa shape index (κ3) is 2.08. The number of aromatic nitrogens is 1. The maximum atomic E-state index is 12.3. The molecule has 2 aliphatic heterocycles. The topological polar surface area (TPSA) is 58.4 Å². The zero-order valence-electron chi connectivity index (χ0n) is 11.5. The van der Waals surface area contributed by atoms with Crippen molar-refractivity contribution in [3.63, 3.8) is 0 Å². The molecule has 5 heteroatoms. The largest absolute Gasteiger partial charge is 0.448 e. The Morgan fingerprint density at radius 1 is 1.48 bits per heavy atom. The molecule has 1 amide bonds. The maximum Gasteiger partial charge on any atom is 0.270 e. The number of nitrogens with zero attached hydrogens (tertiary/aromatic N) is 2. The van der Waals surface area contributed by atoms with Crippen LogP contribution in [-0.2, 0) is 0 Å². The number of hydrogen-bond acceptors (Lipinski definition) is 4. The number of amides is 1. The van der Waals surface area contributed by atoms with Crippen LogP contribution in [0.5, 0.6) is 0 Å². The molecular formula is C16H15N3O2. The van der Waals surface area contributed by atoms with E-state index < -0.39 is 0 Å². The number of piperidine rings is 1. The molecule has 0 aliphatic carbocycles. The van der Waals surface area contributed by atoms with Crippen molar-refractivity contribution in [3.8, 4) is 12.3 Å². The second kappa shape index (κ2) is 4.61. The van der Waals surface area contributed by atoms with Gasteiger partial charge in [0.25, 0.3) is 5.91 Å². The van der Waals surface area contributed by atoms with Crippen LogP contribution < -0.4 is 5.32 Å². The van der Waals surface area contributed by atoms with Gasteiger partial charge in [-0.25, -0.2) is 0 Å². The van der Waals surface area contributed by atoms with Gasteiger partial charge in [0.15, 0.2) is 5.76 Å². The second-order valence-electron chi connectivity index (χ2n) is 5.75. The Bertz CT molecular complexity index is 758. The second-order valence-corrected chi connectivity index (χ2v) is 5.75. The van der Waals surface area contributed by atoms with Crippen molar-refractivity contribution in [1.29, 1.82) is 0 Å². The summed E-state index contributed by atoms with van der Waals surface area (Å²) in [5, 5.41) is 3.90. The first-order valence-corrected chi connectivity index (χ1v) is 7.12. The van der Waals surface area contributed by atoms with E-state index in [9.17, 15) is 4.79 Å². The number of rotatable bonds is 2. The molecule has 2 saturated heterocycles. The van der Waals surface area contributed by atoms with E-state index in [1.807, 2.05) is 0 Å². The number of carbonyl (C=O) groups is 1. The molecule has 2 aliphatic rings.